The molecule has 1 aromatic heterocycles. The van der Waals surface area contributed by atoms with E-state index in [-0.39, 0.29) is 0 Å². The number of nitrogens with two attached hydrogens (primary N) is 1. The predicted octanol–water partition coefficient (Wildman–Crippen LogP) is 3.99. The van der Waals surface area contributed by atoms with Gasteiger partial charge in [-0.05, 0) is 58.1 Å². The van der Waals surface area contributed by atoms with Gasteiger partial charge in [0.25, 0.3) is 0 Å². The fraction of sp³-hybridized carbons (Fsp3) is 0.375. The molecule has 124 valence electrons. The van der Waals surface area contributed by atoms with E-state index in [0.29, 0.717) is 27.5 Å². The molecule has 2 aromatic rings. The molecule has 0 amide bonds. The molecule has 2 rings (SSSR count). The monoisotopic (exact) mass is 353 g/mol. The van der Waals surface area contributed by atoms with Crippen molar-refractivity contribution >= 4 is 40.7 Å². The quantitative estimate of drug-likeness (QED) is 0.736. The zero-order valence-corrected chi connectivity index (χ0v) is 14.8. The Kier molecular flexibility index (Phi) is 6.45. The fourth-order valence-electron chi connectivity index (χ4n) is 2.13. The summed E-state index contributed by atoms with van der Waals surface area (Å²) in [6.07, 6.45) is 4.82. The second-order valence-corrected chi connectivity index (χ2v) is 6.46. The lowest BCUT2D eigenvalue weighted by atomic mass is 10.1. The molecule has 7 heteroatoms. The number of unbranched alkanes of at least 4 members (excludes halogenated alkanes) is 1. The van der Waals surface area contributed by atoms with Gasteiger partial charge in [-0.2, -0.15) is 4.98 Å². The van der Waals surface area contributed by atoms with Crippen molar-refractivity contribution in [2.24, 2.45) is 0 Å². The van der Waals surface area contributed by atoms with Crippen molar-refractivity contribution < 1.29 is 0 Å². The molecule has 1 heterocycles. The third-order valence-corrected chi connectivity index (χ3v) is 3.92. The Morgan fingerprint density at radius 2 is 2.00 bits per heavy atom. The summed E-state index contributed by atoms with van der Waals surface area (Å²) in [5.74, 6) is 0.918. The third kappa shape index (κ3) is 5.53. The van der Waals surface area contributed by atoms with Crippen LogP contribution in [0.1, 0.15) is 18.4 Å². The Morgan fingerprint density at radius 3 is 2.65 bits per heavy atom. The summed E-state index contributed by atoms with van der Waals surface area (Å²) in [5, 5.41) is 4.13. The van der Waals surface area contributed by atoms with Crippen LogP contribution in [0.2, 0.25) is 10.0 Å². The van der Waals surface area contributed by atoms with Crippen LogP contribution >= 0.6 is 23.2 Å². The summed E-state index contributed by atoms with van der Waals surface area (Å²) in [4.78, 5) is 10.8. The van der Waals surface area contributed by atoms with E-state index in [4.69, 9.17) is 28.9 Å². The number of rotatable bonds is 7. The van der Waals surface area contributed by atoms with Crippen LogP contribution in [0, 0.1) is 0 Å². The molecule has 0 radical (unpaired) electrons. The molecule has 0 aliphatic rings. The van der Waals surface area contributed by atoms with Gasteiger partial charge in [-0.3, -0.25) is 0 Å². The van der Waals surface area contributed by atoms with Crippen molar-refractivity contribution in [2.45, 2.75) is 19.3 Å². The van der Waals surface area contributed by atoms with Gasteiger partial charge < -0.3 is 16.0 Å². The van der Waals surface area contributed by atoms with Crippen molar-refractivity contribution in [3.63, 3.8) is 0 Å². The number of anilines is 3. The molecule has 0 saturated heterocycles. The molecule has 0 spiro atoms. The standard InChI is InChI=1S/C16H21Cl2N5/c1-23(2)8-4-3-5-11-10-20-16(22-15(11)19)21-14-7-6-12(17)9-13(14)18/h6-7,9-10H,3-5,8H2,1-2H3,(H3,19,20,21,22). The van der Waals surface area contributed by atoms with E-state index in [1.807, 2.05) is 0 Å². The third-order valence-electron chi connectivity index (χ3n) is 3.38. The molecule has 0 aliphatic carbocycles. The van der Waals surface area contributed by atoms with E-state index < -0.39 is 0 Å². The highest BCUT2D eigenvalue weighted by molar-refractivity contribution is 6.36. The summed E-state index contributed by atoms with van der Waals surface area (Å²) in [7, 11) is 4.14. The SMILES string of the molecule is CN(C)CCCCc1cnc(Nc2ccc(Cl)cc2Cl)nc1N. The van der Waals surface area contributed by atoms with Crippen LogP contribution < -0.4 is 11.1 Å². The highest BCUT2D eigenvalue weighted by Crippen LogP contribution is 2.27. The van der Waals surface area contributed by atoms with E-state index in [0.717, 1.165) is 31.4 Å². The molecule has 23 heavy (non-hydrogen) atoms. The molecule has 3 N–H and O–H groups in total. The van der Waals surface area contributed by atoms with E-state index in [1.165, 1.54) is 0 Å². The van der Waals surface area contributed by atoms with Gasteiger partial charge >= 0.3 is 0 Å². The number of nitrogens with one attached hydrogen (secondary N) is 1. The van der Waals surface area contributed by atoms with Gasteiger partial charge in [0.05, 0.1) is 10.7 Å². The maximum atomic E-state index is 6.12. The van der Waals surface area contributed by atoms with Crippen LogP contribution in [0.5, 0.6) is 0 Å². The van der Waals surface area contributed by atoms with E-state index in [1.54, 1.807) is 24.4 Å². The van der Waals surface area contributed by atoms with Crippen LogP contribution in [0.3, 0.4) is 0 Å². The molecular weight excluding hydrogens is 333 g/mol. The van der Waals surface area contributed by atoms with Crippen LogP contribution in [0.4, 0.5) is 17.5 Å². The van der Waals surface area contributed by atoms with Crippen molar-refractivity contribution in [1.29, 1.82) is 0 Å². The molecule has 0 fully saturated rings. The topological polar surface area (TPSA) is 67.1 Å². The lowest BCUT2D eigenvalue weighted by Gasteiger charge is -2.11. The summed E-state index contributed by atoms with van der Waals surface area (Å²) in [6, 6.07) is 5.19. The van der Waals surface area contributed by atoms with Crippen molar-refractivity contribution in [3.05, 3.63) is 40.0 Å². The van der Waals surface area contributed by atoms with Crippen LogP contribution in [-0.2, 0) is 6.42 Å². The minimum absolute atomic E-state index is 0.420. The molecule has 0 unspecified atom stereocenters. The Balaban J connectivity index is 1.98. The largest absolute Gasteiger partial charge is 0.383 e. The van der Waals surface area contributed by atoms with Crippen LogP contribution in [-0.4, -0.2) is 35.5 Å². The average molecular weight is 354 g/mol. The fourth-order valence-corrected chi connectivity index (χ4v) is 2.58. The highest BCUT2D eigenvalue weighted by Gasteiger charge is 2.07. The second-order valence-electron chi connectivity index (χ2n) is 5.61. The zero-order chi connectivity index (χ0) is 16.8. The van der Waals surface area contributed by atoms with Crippen LogP contribution in [0.25, 0.3) is 0 Å². The summed E-state index contributed by atoms with van der Waals surface area (Å²) in [6.45, 7) is 1.06. The van der Waals surface area contributed by atoms with Gasteiger partial charge in [-0.1, -0.05) is 23.2 Å². The molecule has 0 atom stereocenters. The first kappa shape index (κ1) is 17.8. The van der Waals surface area contributed by atoms with Crippen molar-refractivity contribution in [1.82, 2.24) is 14.9 Å². The lowest BCUT2D eigenvalue weighted by Crippen LogP contribution is -2.13. The first-order valence-corrected chi connectivity index (χ1v) is 8.19. The summed E-state index contributed by atoms with van der Waals surface area (Å²) >= 11 is 12.0. The van der Waals surface area contributed by atoms with Crippen LogP contribution in [0.15, 0.2) is 24.4 Å². The number of nitrogen functional groups attached to an aromatic ring is 1. The number of halogens is 2. The predicted molar refractivity (Wildman–Crippen MR) is 97.7 cm³/mol. The number of hydrogen-bond acceptors (Lipinski definition) is 5. The van der Waals surface area contributed by atoms with Gasteiger partial charge in [-0.25, -0.2) is 4.98 Å². The van der Waals surface area contributed by atoms with E-state index in [2.05, 4.69) is 34.3 Å². The van der Waals surface area contributed by atoms with Gasteiger partial charge in [-0.15, -0.1) is 0 Å². The van der Waals surface area contributed by atoms with Gasteiger partial charge in [0.15, 0.2) is 0 Å². The molecule has 0 saturated carbocycles. The van der Waals surface area contributed by atoms with E-state index >= 15 is 0 Å². The maximum Gasteiger partial charge on any atom is 0.229 e. The number of nitrogens with zero attached hydrogens (tertiary/aromatic N) is 3. The Hall–Kier alpha value is -1.56. The zero-order valence-electron chi connectivity index (χ0n) is 13.3. The molecule has 0 bridgehead atoms. The smallest absolute Gasteiger partial charge is 0.229 e. The Bertz CT molecular complexity index is 661. The van der Waals surface area contributed by atoms with Gasteiger partial charge in [0.1, 0.15) is 5.82 Å². The summed E-state index contributed by atoms with van der Waals surface area (Å²) < 4.78 is 0. The Morgan fingerprint density at radius 1 is 1.22 bits per heavy atom. The number of aryl methyl sites for hydroxylation is 1. The average Bonchev–Trinajstić information content (AvgIpc) is 2.48. The normalized spacial score (nSPS) is 11.0. The molecule has 0 aliphatic heterocycles. The minimum Gasteiger partial charge on any atom is -0.383 e. The molecular formula is C16H21Cl2N5. The number of hydrogen-bond donors (Lipinski definition) is 2. The summed E-state index contributed by atoms with van der Waals surface area (Å²) in [5.41, 5.74) is 7.68. The minimum atomic E-state index is 0.420. The van der Waals surface area contributed by atoms with E-state index in [9.17, 15) is 0 Å². The van der Waals surface area contributed by atoms with Gasteiger partial charge in [0.2, 0.25) is 5.95 Å². The molecule has 1 aromatic carbocycles. The second kappa shape index (κ2) is 8.34. The lowest BCUT2D eigenvalue weighted by molar-refractivity contribution is 0.394. The van der Waals surface area contributed by atoms with Gasteiger partial charge in [0, 0.05) is 16.8 Å². The number of aromatic nitrogens is 2. The van der Waals surface area contributed by atoms with Crippen molar-refractivity contribution in [2.75, 3.05) is 31.7 Å². The first-order valence-electron chi connectivity index (χ1n) is 7.44. The highest BCUT2D eigenvalue weighted by atomic mass is 35.5. The molecule has 5 nitrogen and oxygen atoms in total. The number of benzene rings is 1. The maximum absolute atomic E-state index is 6.12. The van der Waals surface area contributed by atoms with Crippen molar-refractivity contribution in [3.8, 4) is 0 Å². The Labute approximate surface area is 146 Å². The first-order chi connectivity index (χ1) is 11.0.